The molecule has 0 saturated heterocycles. The van der Waals surface area contributed by atoms with Crippen LogP contribution in [0.2, 0.25) is 0 Å². The van der Waals surface area contributed by atoms with Crippen molar-refractivity contribution >= 4 is 22.4 Å². The molecule has 0 aromatic heterocycles. The molecule has 0 aliphatic heterocycles. The van der Waals surface area contributed by atoms with E-state index in [4.69, 9.17) is 0 Å². The lowest BCUT2D eigenvalue weighted by molar-refractivity contribution is -0.138. The van der Waals surface area contributed by atoms with Crippen LogP contribution in [0.5, 0.6) is 0 Å². The second-order valence-corrected chi connectivity index (χ2v) is 3.96. The van der Waals surface area contributed by atoms with E-state index in [1.807, 2.05) is 30.1 Å². The van der Waals surface area contributed by atoms with Gasteiger partial charge in [-0.3, -0.25) is 4.79 Å². The monoisotopic (exact) mass is 229 g/mol. The normalized spacial score (nSPS) is 10.2. The van der Waals surface area contributed by atoms with Crippen LogP contribution >= 0.6 is 0 Å². The lowest BCUT2D eigenvalue weighted by atomic mass is 10.1. The minimum atomic E-state index is -0.236. The Bertz CT molecular complexity index is 536. The minimum Gasteiger partial charge on any atom is -0.468 e. The van der Waals surface area contributed by atoms with Crippen molar-refractivity contribution in [2.45, 2.75) is 0 Å². The van der Waals surface area contributed by atoms with Crippen molar-refractivity contribution in [3.63, 3.8) is 0 Å². The molecule has 0 bridgehead atoms. The molecule has 0 unspecified atom stereocenters. The molecule has 0 heterocycles. The van der Waals surface area contributed by atoms with E-state index in [-0.39, 0.29) is 12.5 Å². The molecule has 3 nitrogen and oxygen atoms in total. The van der Waals surface area contributed by atoms with Crippen LogP contribution in [0.15, 0.2) is 42.5 Å². The van der Waals surface area contributed by atoms with Gasteiger partial charge < -0.3 is 9.64 Å². The van der Waals surface area contributed by atoms with E-state index in [2.05, 4.69) is 29.0 Å². The number of hydrogen-bond donors (Lipinski definition) is 0. The number of anilines is 1. The molecular formula is C14H15NO2. The molecule has 88 valence electrons. The molecule has 2 aromatic carbocycles. The quantitative estimate of drug-likeness (QED) is 0.757. The number of carbonyl (C=O) groups excluding carboxylic acids is 1. The predicted molar refractivity (Wildman–Crippen MR) is 69.2 cm³/mol. The Morgan fingerprint density at radius 2 is 1.88 bits per heavy atom. The van der Waals surface area contributed by atoms with Gasteiger partial charge in [-0.05, 0) is 22.9 Å². The van der Waals surface area contributed by atoms with Gasteiger partial charge in [-0.25, -0.2) is 0 Å². The number of benzene rings is 2. The number of fused-ring (bicyclic) bond motifs is 1. The summed E-state index contributed by atoms with van der Waals surface area (Å²) in [5.74, 6) is -0.236. The molecule has 0 fully saturated rings. The Hall–Kier alpha value is -2.03. The second kappa shape index (κ2) is 4.87. The summed E-state index contributed by atoms with van der Waals surface area (Å²) in [6, 6.07) is 14.3. The molecule has 2 rings (SSSR count). The van der Waals surface area contributed by atoms with Crippen LogP contribution in [0, 0.1) is 0 Å². The summed E-state index contributed by atoms with van der Waals surface area (Å²) in [4.78, 5) is 13.1. The zero-order valence-corrected chi connectivity index (χ0v) is 10.0. The third-order valence-electron chi connectivity index (χ3n) is 2.77. The third-order valence-corrected chi connectivity index (χ3v) is 2.77. The molecule has 0 atom stereocenters. The van der Waals surface area contributed by atoms with Crippen LogP contribution in [0.4, 0.5) is 5.69 Å². The van der Waals surface area contributed by atoms with Gasteiger partial charge in [0, 0.05) is 12.7 Å². The van der Waals surface area contributed by atoms with Crippen LogP contribution in [-0.4, -0.2) is 26.7 Å². The van der Waals surface area contributed by atoms with Crippen molar-refractivity contribution in [1.82, 2.24) is 0 Å². The average Bonchev–Trinajstić information content (AvgIpc) is 2.38. The molecule has 0 amide bonds. The number of carbonyl (C=O) groups is 1. The van der Waals surface area contributed by atoms with Crippen LogP contribution < -0.4 is 4.90 Å². The van der Waals surface area contributed by atoms with Gasteiger partial charge in [0.05, 0.1) is 7.11 Å². The second-order valence-electron chi connectivity index (χ2n) is 3.96. The highest BCUT2D eigenvalue weighted by Gasteiger charge is 2.07. The number of hydrogen-bond acceptors (Lipinski definition) is 3. The van der Waals surface area contributed by atoms with Crippen molar-refractivity contribution in [1.29, 1.82) is 0 Å². The fourth-order valence-electron chi connectivity index (χ4n) is 1.76. The Balaban J connectivity index is 2.26. The van der Waals surface area contributed by atoms with Crippen molar-refractivity contribution in [3.05, 3.63) is 42.5 Å². The lowest BCUT2D eigenvalue weighted by Crippen LogP contribution is -2.26. The summed E-state index contributed by atoms with van der Waals surface area (Å²) in [5, 5.41) is 2.37. The van der Waals surface area contributed by atoms with Gasteiger partial charge in [-0.1, -0.05) is 30.3 Å². The van der Waals surface area contributed by atoms with Gasteiger partial charge in [0.25, 0.3) is 0 Å². The summed E-state index contributed by atoms with van der Waals surface area (Å²) in [7, 11) is 3.28. The van der Waals surface area contributed by atoms with Gasteiger partial charge in [0.1, 0.15) is 6.54 Å². The van der Waals surface area contributed by atoms with Crippen molar-refractivity contribution in [2.24, 2.45) is 0 Å². The standard InChI is InChI=1S/C14H15NO2/c1-15(10-14(16)17-2)13-8-7-11-5-3-4-6-12(11)9-13/h3-9H,10H2,1-2H3. The maximum Gasteiger partial charge on any atom is 0.325 e. The Labute approximate surface area is 101 Å². The van der Waals surface area contributed by atoms with Crippen molar-refractivity contribution in [2.75, 3.05) is 25.6 Å². The molecule has 0 radical (unpaired) electrons. The van der Waals surface area contributed by atoms with E-state index in [0.717, 1.165) is 5.69 Å². The number of ether oxygens (including phenoxy) is 1. The Morgan fingerprint density at radius 1 is 1.18 bits per heavy atom. The summed E-state index contributed by atoms with van der Waals surface area (Å²) in [6.45, 7) is 0.259. The number of rotatable bonds is 3. The first-order chi connectivity index (χ1) is 8.20. The van der Waals surface area contributed by atoms with Crippen LogP contribution in [0.1, 0.15) is 0 Å². The molecule has 2 aromatic rings. The maximum atomic E-state index is 11.2. The lowest BCUT2D eigenvalue weighted by Gasteiger charge is -2.18. The Morgan fingerprint density at radius 3 is 2.59 bits per heavy atom. The molecule has 17 heavy (non-hydrogen) atoms. The summed E-state index contributed by atoms with van der Waals surface area (Å²) < 4.78 is 4.65. The Kier molecular flexibility index (Phi) is 3.28. The summed E-state index contributed by atoms with van der Waals surface area (Å²) >= 11 is 0. The highest BCUT2D eigenvalue weighted by molar-refractivity contribution is 5.86. The SMILES string of the molecule is COC(=O)CN(C)c1ccc2ccccc2c1. The van der Waals surface area contributed by atoms with Crippen LogP contribution in [0.3, 0.4) is 0 Å². The molecule has 3 heteroatoms. The van der Waals surface area contributed by atoms with E-state index in [1.165, 1.54) is 17.9 Å². The van der Waals surface area contributed by atoms with E-state index in [0.29, 0.717) is 0 Å². The number of likely N-dealkylation sites (N-methyl/N-ethyl adjacent to an activating group) is 1. The third kappa shape index (κ3) is 2.56. The van der Waals surface area contributed by atoms with Gasteiger partial charge in [-0.15, -0.1) is 0 Å². The maximum absolute atomic E-state index is 11.2. The molecule has 0 aliphatic rings. The fraction of sp³-hybridized carbons (Fsp3) is 0.214. The fourth-order valence-corrected chi connectivity index (χ4v) is 1.76. The molecular weight excluding hydrogens is 214 g/mol. The van der Waals surface area contributed by atoms with E-state index >= 15 is 0 Å². The smallest absolute Gasteiger partial charge is 0.325 e. The first-order valence-electron chi connectivity index (χ1n) is 5.47. The van der Waals surface area contributed by atoms with E-state index in [1.54, 1.807) is 0 Å². The van der Waals surface area contributed by atoms with Crippen molar-refractivity contribution in [3.8, 4) is 0 Å². The minimum absolute atomic E-state index is 0.236. The van der Waals surface area contributed by atoms with E-state index < -0.39 is 0 Å². The highest BCUT2D eigenvalue weighted by Crippen LogP contribution is 2.21. The zero-order chi connectivity index (χ0) is 12.3. The summed E-state index contributed by atoms with van der Waals surface area (Å²) in [5.41, 5.74) is 1.01. The first kappa shape index (κ1) is 11.5. The molecule has 0 aliphatic carbocycles. The number of nitrogens with zero attached hydrogens (tertiary/aromatic N) is 1. The van der Waals surface area contributed by atoms with Gasteiger partial charge >= 0.3 is 5.97 Å². The van der Waals surface area contributed by atoms with Crippen LogP contribution in [-0.2, 0) is 9.53 Å². The first-order valence-corrected chi connectivity index (χ1v) is 5.47. The number of methoxy groups -OCH3 is 1. The zero-order valence-electron chi connectivity index (χ0n) is 10.0. The van der Waals surface area contributed by atoms with Crippen LogP contribution in [0.25, 0.3) is 10.8 Å². The topological polar surface area (TPSA) is 29.5 Å². The van der Waals surface area contributed by atoms with Crippen molar-refractivity contribution < 1.29 is 9.53 Å². The highest BCUT2D eigenvalue weighted by atomic mass is 16.5. The average molecular weight is 229 g/mol. The van der Waals surface area contributed by atoms with Gasteiger partial charge in [0.15, 0.2) is 0 Å². The molecule has 0 saturated carbocycles. The summed E-state index contributed by atoms with van der Waals surface area (Å²) in [6.07, 6.45) is 0. The van der Waals surface area contributed by atoms with E-state index in [9.17, 15) is 4.79 Å². The molecule has 0 spiro atoms. The number of esters is 1. The largest absolute Gasteiger partial charge is 0.468 e. The van der Waals surface area contributed by atoms with Gasteiger partial charge in [0.2, 0.25) is 0 Å². The predicted octanol–water partition coefficient (Wildman–Crippen LogP) is 2.45. The van der Waals surface area contributed by atoms with Gasteiger partial charge in [-0.2, -0.15) is 0 Å². The molecule has 0 N–H and O–H groups in total.